The largest absolute Gasteiger partial charge is 0.369 e. The molecule has 1 fully saturated rings. The Bertz CT molecular complexity index is 1180. The van der Waals surface area contributed by atoms with Gasteiger partial charge < -0.3 is 10.2 Å². The first-order valence-corrected chi connectivity index (χ1v) is 12.1. The molecule has 5 rings (SSSR count). The fraction of sp³-hybridized carbons (Fsp3) is 0.345. The number of piperazine rings is 1. The molecule has 1 aliphatic heterocycles. The lowest BCUT2D eigenvalue weighted by Gasteiger charge is -2.38. The van der Waals surface area contributed by atoms with Gasteiger partial charge >= 0.3 is 0 Å². The maximum absolute atomic E-state index is 13.2. The van der Waals surface area contributed by atoms with Crippen LogP contribution in [-0.2, 0) is 0 Å². The number of fused-ring (bicyclic) bond motifs is 4. The lowest BCUT2D eigenvalue weighted by atomic mass is 9.78. The van der Waals surface area contributed by atoms with Crippen molar-refractivity contribution in [3.63, 3.8) is 0 Å². The Balaban J connectivity index is 1.21. The molecule has 33 heavy (non-hydrogen) atoms. The van der Waals surface area contributed by atoms with Gasteiger partial charge in [0, 0.05) is 55.6 Å². The highest BCUT2D eigenvalue weighted by atomic mass is 16.1. The zero-order valence-electron chi connectivity index (χ0n) is 19.9. The Kier molecular flexibility index (Phi) is 5.94. The quantitative estimate of drug-likeness (QED) is 0.444. The summed E-state index contributed by atoms with van der Waals surface area (Å²) in [5.41, 5.74) is 9.61. The van der Waals surface area contributed by atoms with Crippen LogP contribution in [0.3, 0.4) is 0 Å². The minimum Gasteiger partial charge on any atom is -0.369 e. The molecule has 1 amide bonds. The van der Waals surface area contributed by atoms with Gasteiger partial charge in [0.1, 0.15) is 0 Å². The van der Waals surface area contributed by atoms with Crippen LogP contribution in [0.25, 0.3) is 22.3 Å². The molecule has 0 spiro atoms. The highest BCUT2D eigenvalue weighted by molar-refractivity contribution is 6.12. The molecule has 1 aliphatic carbocycles. The molecule has 3 aromatic carbocycles. The molecule has 1 atom stereocenters. The Morgan fingerprint density at radius 2 is 1.58 bits per heavy atom. The van der Waals surface area contributed by atoms with Gasteiger partial charge in [0.2, 0.25) is 0 Å². The van der Waals surface area contributed by atoms with E-state index in [0.29, 0.717) is 0 Å². The summed E-state index contributed by atoms with van der Waals surface area (Å²) in [5.74, 6) is 0.0437. The SMILES string of the molecule is CCC(CN1CCN(c2cccc(C)c2C)CC1)NC(=O)c1cccc2c1-c1ccccc1-2. The van der Waals surface area contributed by atoms with Crippen molar-refractivity contribution < 1.29 is 4.79 Å². The molecule has 0 saturated carbocycles. The summed E-state index contributed by atoms with van der Waals surface area (Å²) in [6, 6.07) is 21.1. The molecule has 4 heteroatoms. The first-order valence-electron chi connectivity index (χ1n) is 12.1. The molecule has 170 valence electrons. The highest BCUT2D eigenvalue weighted by Crippen LogP contribution is 2.48. The standard InChI is InChI=1S/C29H33N3O/c1-4-22(19-31-15-17-32(18-16-31)27-14-7-9-20(2)21(27)3)30-29(33)26-13-8-12-25-23-10-5-6-11-24(23)28(25)26/h5-14,22H,4,15-19H2,1-3H3,(H,30,33). The van der Waals surface area contributed by atoms with Gasteiger partial charge in [-0.05, 0) is 60.2 Å². The summed E-state index contributed by atoms with van der Waals surface area (Å²) in [7, 11) is 0. The number of anilines is 1. The van der Waals surface area contributed by atoms with E-state index in [4.69, 9.17) is 0 Å². The smallest absolute Gasteiger partial charge is 0.252 e. The second-order valence-corrected chi connectivity index (χ2v) is 9.36. The summed E-state index contributed by atoms with van der Waals surface area (Å²) in [5, 5.41) is 3.33. The van der Waals surface area contributed by atoms with E-state index in [9.17, 15) is 4.79 Å². The summed E-state index contributed by atoms with van der Waals surface area (Å²) in [6.07, 6.45) is 0.925. The molecular weight excluding hydrogens is 406 g/mol. The van der Waals surface area contributed by atoms with Crippen molar-refractivity contribution in [3.8, 4) is 22.3 Å². The van der Waals surface area contributed by atoms with Crippen molar-refractivity contribution in [2.24, 2.45) is 0 Å². The van der Waals surface area contributed by atoms with Crippen molar-refractivity contribution >= 4 is 11.6 Å². The molecule has 0 bridgehead atoms. The van der Waals surface area contributed by atoms with Gasteiger partial charge in [-0.15, -0.1) is 0 Å². The van der Waals surface area contributed by atoms with Gasteiger partial charge in [0.15, 0.2) is 0 Å². The van der Waals surface area contributed by atoms with E-state index in [0.717, 1.165) is 50.3 Å². The van der Waals surface area contributed by atoms with E-state index in [1.54, 1.807) is 0 Å². The van der Waals surface area contributed by atoms with E-state index >= 15 is 0 Å². The molecule has 1 heterocycles. The zero-order valence-corrected chi connectivity index (χ0v) is 19.9. The number of amides is 1. The number of nitrogens with zero attached hydrogens (tertiary/aromatic N) is 2. The molecule has 0 radical (unpaired) electrons. The molecule has 1 N–H and O–H groups in total. The van der Waals surface area contributed by atoms with Crippen molar-refractivity contribution in [3.05, 3.63) is 77.4 Å². The van der Waals surface area contributed by atoms with Crippen molar-refractivity contribution in [2.75, 3.05) is 37.6 Å². The Labute approximate surface area is 197 Å². The van der Waals surface area contributed by atoms with Gasteiger partial charge in [0.05, 0.1) is 0 Å². The van der Waals surface area contributed by atoms with Gasteiger partial charge in [-0.2, -0.15) is 0 Å². The molecule has 4 nitrogen and oxygen atoms in total. The van der Waals surface area contributed by atoms with Crippen LogP contribution in [0.2, 0.25) is 0 Å². The maximum Gasteiger partial charge on any atom is 0.252 e. The van der Waals surface area contributed by atoms with Crippen molar-refractivity contribution in [1.82, 2.24) is 10.2 Å². The number of benzene rings is 3. The summed E-state index contributed by atoms with van der Waals surface area (Å²) < 4.78 is 0. The molecule has 2 aliphatic rings. The molecule has 1 unspecified atom stereocenters. The molecular formula is C29H33N3O. The van der Waals surface area contributed by atoms with Crippen LogP contribution in [0.4, 0.5) is 5.69 Å². The van der Waals surface area contributed by atoms with Crippen LogP contribution >= 0.6 is 0 Å². The molecule has 0 aromatic heterocycles. The maximum atomic E-state index is 13.2. The predicted octanol–water partition coefficient (Wildman–Crippen LogP) is 5.28. The number of aryl methyl sites for hydroxylation is 1. The van der Waals surface area contributed by atoms with Gasteiger partial charge in [-0.25, -0.2) is 0 Å². The fourth-order valence-corrected chi connectivity index (χ4v) is 5.23. The Hall–Kier alpha value is -3.11. The third-order valence-corrected chi connectivity index (χ3v) is 7.39. The summed E-state index contributed by atoms with van der Waals surface area (Å²) >= 11 is 0. The first-order chi connectivity index (χ1) is 16.1. The minimum atomic E-state index is 0.0437. The fourth-order valence-electron chi connectivity index (χ4n) is 5.23. The molecule has 1 saturated heterocycles. The van der Waals surface area contributed by atoms with E-state index in [1.807, 2.05) is 18.2 Å². The number of carbonyl (C=O) groups is 1. The predicted molar refractivity (Wildman–Crippen MR) is 137 cm³/mol. The number of nitrogens with one attached hydrogen (secondary N) is 1. The average Bonchev–Trinajstić information content (AvgIpc) is 2.83. The summed E-state index contributed by atoms with van der Waals surface area (Å²) in [4.78, 5) is 18.2. The van der Waals surface area contributed by atoms with Gasteiger partial charge in [0.25, 0.3) is 5.91 Å². The van der Waals surface area contributed by atoms with Gasteiger partial charge in [-0.1, -0.05) is 55.5 Å². The van der Waals surface area contributed by atoms with Crippen LogP contribution in [0, 0.1) is 13.8 Å². The van der Waals surface area contributed by atoms with Crippen LogP contribution in [0.5, 0.6) is 0 Å². The van der Waals surface area contributed by atoms with Crippen LogP contribution < -0.4 is 10.2 Å². The monoisotopic (exact) mass is 439 g/mol. The topological polar surface area (TPSA) is 35.6 Å². The lowest BCUT2D eigenvalue weighted by Crippen LogP contribution is -2.51. The normalized spacial score (nSPS) is 15.9. The van der Waals surface area contributed by atoms with E-state index < -0.39 is 0 Å². The third kappa shape index (κ3) is 4.04. The highest BCUT2D eigenvalue weighted by Gasteiger charge is 2.28. The first kappa shape index (κ1) is 21.7. The number of hydrogen-bond acceptors (Lipinski definition) is 3. The van der Waals surface area contributed by atoms with Gasteiger partial charge in [-0.3, -0.25) is 9.69 Å². The van der Waals surface area contributed by atoms with Crippen molar-refractivity contribution in [2.45, 2.75) is 33.2 Å². The Morgan fingerprint density at radius 3 is 2.33 bits per heavy atom. The molecule has 3 aromatic rings. The average molecular weight is 440 g/mol. The van der Waals surface area contributed by atoms with E-state index in [-0.39, 0.29) is 11.9 Å². The van der Waals surface area contributed by atoms with E-state index in [2.05, 4.69) is 78.4 Å². The van der Waals surface area contributed by atoms with E-state index in [1.165, 1.54) is 33.5 Å². The summed E-state index contributed by atoms with van der Waals surface area (Å²) in [6.45, 7) is 11.6. The van der Waals surface area contributed by atoms with Crippen LogP contribution in [0.15, 0.2) is 60.7 Å². The second-order valence-electron chi connectivity index (χ2n) is 9.36. The third-order valence-electron chi connectivity index (χ3n) is 7.39. The minimum absolute atomic E-state index is 0.0437. The zero-order chi connectivity index (χ0) is 22.9. The van der Waals surface area contributed by atoms with Crippen LogP contribution in [-0.4, -0.2) is 49.6 Å². The lowest BCUT2D eigenvalue weighted by molar-refractivity contribution is 0.0922. The van der Waals surface area contributed by atoms with Crippen molar-refractivity contribution in [1.29, 1.82) is 0 Å². The number of carbonyl (C=O) groups excluding carboxylic acids is 1. The second kappa shape index (κ2) is 9.03. The van der Waals surface area contributed by atoms with Crippen LogP contribution in [0.1, 0.15) is 34.8 Å². The number of hydrogen-bond donors (Lipinski definition) is 1. The number of rotatable bonds is 6. The Morgan fingerprint density at radius 1 is 0.879 bits per heavy atom.